The highest BCUT2D eigenvalue weighted by Crippen LogP contribution is 2.49. The third-order valence-corrected chi connectivity index (χ3v) is 12.4. The minimum atomic E-state index is -0.721. The summed E-state index contributed by atoms with van der Waals surface area (Å²) < 4.78 is 0. The molecule has 3 N–H and O–H groups in total. The summed E-state index contributed by atoms with van der Waals surface area (Å²) in [6.45, 7) is 21.8. The van der Waals surface area contributed by atoms with Crippen molar-refractivity contribution >= 4 is 44.0 Å². The predicted molar refractivity (Wildman–Crippen MR) is 152 cm³/mol. The van der Waals surface area contributed by atoms with Crippen LogP contribution in [0, 0.1) is 13.8 Å². The minimum absolute atomic E-state index is 0.114. The molecule has 34 heavy (non-hydrogen) atoms. The first-order valence-corrected chi connectivity index (χ1v) is 15.2. The van der Waals surface area contributed by atoms with Gasteiger partial charge in [0.05, 0.1) is 5.69 Å². The fraction of sp³-hybridized carbons (Fsp3) is 0.500. The number of aryl methyl sites for hydroxylation is 2. The molecule has 0 aliphatic carbocycles. The molecule has 0 heterocycles. The molecule has 0 fully saturated rings. The molecular weight excluding hydrogens is 458 g/mol. The summed E-state index contributed by atoms with van der Waals surface area (Å²) in [7, 11) is -1.23. The highest BCUT2D eigenvalue weighted by Gasteiger charge is 2.30. The number of amides is 2. The van der Waals surface area contributed by atoms with Gasteiger partial charge in [-0.05, 0) is 59.5 Å². The standard InChI is InChI=1S/C28H42N2O2P2/c1-16(2)33(17(3)4)24-15-20(9)11-13-22(24)28(32)30-25-21(10)12-14-23(27(29)31)26(25)34(18(5)6)19(7)8/h11-19H,1-10H3,(H2,29,31)(H,30,32). The van der Waals surface area contributed by atoms with Gasteiger partial charge in [-0.1, -0.05) is 95.0 Å². The summed E-state index contributed by atoms with van der Waals surface area (Å²) in [5, 5.41) is 5.32. The maximum Gasteiger partial charge on any atom is 0.256 e. The average molecular weight is 501 g/mol. The molecule has 2 aromatic carbocycles. The van der Waals surface area contributed by atoms with Gasteiger partial charge < -0.3 is 11.1 Å². The van der Waals surface area contributed by atoms with Crippen molar-refractivity contribution in [2.24, 2.45) is 5.73 Å². The van der Waals surface area contributed by atoms with Gasteiger partial charge in [0.1, 0.15) is 0 Å². The van der Waals surface area contributed by atoms with Gasteiger partial charge in [0.15, 0.2) is 0 Å². The number of rotatable bonds is 9. The second-order valence-electron chi connectivity index (χ2n) is 10.2. The Hall–Kier alpha value is -1.76. The fourth-order valence-corrected chi connectivity index (χ4v) is 11.1. The van der Waals surface area contributed by atoms with Crippen LogP contribution in [-0.4, -0.2) is 34.5 Å². The molecule has 0 aliphatic heterocycles. The number of nitrogens with one attached hydrogen (secondary N) is 1. The van der Waals surface area contributed by atoms with E-state index in [9.17, 15) is 9.59 Å². The van der Waals surface area contributed by atoms with Crippen molar-refractivity contribution in [2.75, 3.05) is 5.32 Å². The van der Waals surface area contributed by atoms with Crippen LogP contribution < -0.4 is 21.7 Å². The molecule has 0 saturated carbocycles. The van der Waals surface area contributed by atoms with Crippen LogP contribution in [0.4, 0.5) is 5.69 Å². The Labute approximate surface area is 209 Å². The first kappa shape index (κ1) is 28.5. The van der Waals surface area contributed by atoms with Gasteiger partial charge in [0.25, 0.3) is 5.91 Å². The number of primary amides is 1. The van der Waals surface area contributed by atoms with Crippen molar-refractivity contribution in [3.63, 3.8) is 0 Å². The van der Waals surface area contributed by atoms with Gasteiger partial charge in [0.2, 0.25) is 5.91 Å². The van der Waals surface area contributed by atoms with Gasteiger partial charge in [-0.15, -0.1) is 0 Å². The molecule has 4 nitrogen and oxygen atoms in total. The highest BCUT2D eigenvalue weighted by atomic mass is 31.1. The fourth-order valence-electron chi connectivity index (χ4n) is 4.81. The lowest BCUT2D eigenvalue weighted by atomic mass is 10.1. The zero-order valence-electron chi connectivity index (χ0n) is 22.5. The van der Waals surface area contributed by atoms with Crippen LogP contribution in [0.1, 0.15) is 87.2 Å². The molecule has 2 aromatic rings. The molecule has 0 aliphatic rings. The highest BCUT2D eigenvalue weighted by molar-refractivity contribution is 7.67. The average Bonchev–Trinajstić information content (AvgIpc) is 2.69. The van der Waals surface area contributed by atoms with Crippen LogP contribution >= 0.6 is 15.8 Å². The Bertz CT molecular complexity index is 1030. The van der Waals surface area contributed by atoms with Crippen LogP contribution in [0.2, 0.25) is 0 Å². The van der Waals surface area contributed by atoms with Gasteiger partial charge in [-0.25, -0.2) is 0 Å². The smallest absolute Gasteiger partial charge is 0.256 e. The molecule has 6 heteroatoms. The molecule has 0 unspecified atom stereocenters. The normalized spacial score (nSPS) is 12.0. The third-order valence-electron chi connectivity index (χ3n) is 6.05. The van der Waals surface area contributed by atoms with Gasteiger partial charge in [0, 0.05) is 16.4 Å². The van der Waals surface area contributed by atoms with Gasteiger partial charge in [-0.3, -0.25) is 9.59 Å². The topological polar surface area (TPSA) is 72.2 Å². The molecule has 0 radical (unpaired) electrons. The van der Waals surface area contributed by atoms with E-state index >= 15 is 0 Å². The van der Waals surface area contributed by atoms with Crippen LogP contribution in [0.15, 0.2) is 30.3 Å². The quantitative estimate of drug-likeness (QED) is 0.386. The van der Waals surface area contributed by atoms with E-state index in [1.54, 1.807) is 0 Å². The zero-order valence-corrected chi connectivity index (χ0v) is 24.3. The molecular formula is C28H42N2O2P2. The van der Waals surface area contributed by atoms with Gasteiger partial charge >= 0.3 is 0 Å². The van der Waals surface area contributed by atoms with Crippen molar-refractivity contribution in [3.05, 3.63) is 52.6 Å². The predicted octanol–water partition coefficient (Wildman–Crippen LogP) is 6.50. The molecule has 0 aromatic heterocycles. The Kier molecular flexibility index (Phi) is 9.87. The van der Waals surface area contributed by atoms with Crippen LogP contribution in [0.5, 0.6) is 0 Å². The van der Waals surface area contributed by atoms with E-state index in [1.165, 1.54) is 0 Å². The summed E-state index contributed by atoms with van der Waals surface area (Å²) in [4.78, 5) is 26.3. The molecule has 0 atom stereocenters. The zero-order chi connectivity index (χ0) is 25.9. The van der Waals surface area contributed by atoms with Gasteiger partial charge in [-0.2, -0.15) is 0 Å². The number of hydrogen-bond acceptors (Lipinski definition) is 2. The number of benzene rings is 2. The molecule has 0 saturated heterocycles. The molecule has 0 bridgehead atoms. The van der Waals surface area contributed by atoms with E-state index in [0.29, 0.717) is 28.2 Å². The second-order valence-corrected chi connectivity index (χ2v) is 16.9. The van der Waals surface area contributed by atoms with Crippen molar-refractivity contribution in [2.45, 2.75) is 91.9 Å². The molecule has 0 spiro atoms. The van der Waals surface area contributed by atoms with Crippen molar-refractivity contribution < 1.29 is 9.59 Å². The summed E-state index contributed by atoms with van der Waals surface area (Å²) >= 11 is 0. The van der Waals surface area contributed by atoms with Crippen molar-refractivity contribution in [1.82, 2.24) is 0 Å². The van der Waals surface area contributed by atoms with E-state index < -0.39 is 21.8 Å². The summed E-state index contributed by atoms with van der Waals surface area (Å²) in [5.74, 6) is -0.560. The monoisotopic (exact) mass is 500 g/mol. The first-order chi connectivity index (χ1) is 15.8. The lowest BCUT2D eigenvalue weighted by Crippen LogP contribution is -2.31. The SMILES string of the molecule is Cc1ccc(C(=O)Nc2c(C)ccc(C(N)=O)c2P(C(C)C)C(C)C)c(P(C(C)C)C(C)C)c1. The first-order valence-electron chi connectivity index (χ1n) is 12.2. The van der Waals surface area contributed by atoms with E-state index in [1.807, 2.05) is 31.2 Å². The second kappa shape index (κ2) is 11.8. The number of nitrogens with two attached hydrogens (primary N) is 1. The number of carbonyl (C=O) groups excluding carboxylic acids is 2. The summed E-state index contributed by atoms with van der Waals surface area (Å²) in [6, 6.07) is 9.86. The maximum absolute atomic E-state index is 13.8. The Morgan fingerprint density at radius 2 is 1.26 bits per heavy atom. The number of hydrogen-bond donors (Lipinski definition) is 2. The van der Waals surface area contributed by atoms with Crippen LogP contribution in [0.3, 0.4) is 0 Å². The van der Waals surface area contributed by atoms with Crippen LogP contribution in [-0.2, 0) is 0 Å². The van der Waals surface area contributed by atoms with E-state index in [4.69, 9.17) is 5.73 Å². The van der Waals surface area contributed by atoms with Crippen molar-refractivity contribution in [1.29, 1.82) is 0 Å². The lowest BCUT2D eigenvalue weighted by Gasteiger charge is -2.31. The number of anilines is 1. The van der Waals surface area contributed by atoms with Crippen molar-refractivity contribution in [3.8, 4) is 0 Å². The Morgan fingerprint density at radius 1 is 0.765 bits per heavy atom. The lowest BCUT2D eigenvalue weighted by molar-refractivity contribution is 0.0997. The summed E-state index contributed by atoms with van der Waals surface area (Å²) in [5.41, 5.74) is 11.6. The van der Waals surface area contributed by atoms with E-state index in [2.05, 4.69) is 73.7 Å². The Morgan fingerprint density at radius 3 is 1.74 bits per heavy atom. The molecule has 2 rings (SSSR count). The Balaban J connectivity index is 2.71. The molecule has 186 valence electrons. The molecule has 2 amide bonds. The third kappa shape index (κ3) is 6.27. The minimum Gasteiger partial charge on any atom is -0.366 e. The van der Waals surface area contributed by atoms with E-state index in [0.717, 1.165) is 33.0 Å². The summed E-state index contributed by atoms with van der Waals surface area (Å²) in [6.07, 6.45) is 0. The maximum atomic E-state index is 13.8. The van der Waals surface area contributed by atoms with E-state index in [-0.39, 0.29) is 5.91 Å². The van der Waals surface area contributed by atoms with Crippen LogP contribution in [0.25, 0.3) is 0 Å². The number of carbonyl (C=O) groups is 2. The largest absolute Gasteiger partial charge is 0.366 e.